The predicted molar refractivity (Wildman–Crippen MR) is 74.2 cm³/mol. The van der Waals surface area contributed by atoms with Crippen LogP contribution in [0.2, 0.25) is 0 Å². The van der Waals surface area contributed by atoms with Crippen molar-refractivity contribution in [1.29, 1.82) is 0 Å². The lowest BCUT2D eigenvalue weighted by molar-refractivity contribution is 0.0696. The standard InChI is InChI=1S/C13H10BrNO2S/c1-8-2-4-10(6-11(8)13(16)17)18-12-5-3-9(14)7-15-12/h2-7H,1H3,(H,16,17). The largest absolute Gasteiger partial charge is 0.478 e. The fourth-order valence-electron chi connectivity index (χ4n) is 1.44. The Bertz CT molecular complexity index is 584. The average Bonchev–Trinajstić information content (AvgIpc) is 2.34. The molecule has 0 atom stereocenters. The molecule has 0 bridgehead atoms. The van der Waals surface area contributed by atoms with Gasteiger partial charge in [-0.15, -0.1) is 0 Å². The molecule has 0 fully saturated rings. The van der Waals surface area contributed by atoms with Crippen molar-refractivity contribution in [1.82, 2.24) is 4.98 Å². The third-order valence-corrected chi connectivity index (χ3v) is 3.77. The molecule has 2 rings (SSSR count). The molecule has 0 saturated carbocycles. The average molecular weight is 324 g/mol. The van der Waals surface area contributed by atoms with Crippen LogP contribution < -0.4 is 0 Å². The minimum absolute atomic E-state index is 0.331. The Labute approximate surface area is 117 Å². The van der Waals surface area contributed by atoms with Crippen molar-refractivity contribution in [3.8, 4) is 0 Å². The lowest BCUT2D eigenvalue weighted by Crippen LogP contribution is -1.99. The van der Waals surface area contributed by atoms with Crippen molar-refractivity contribution in [2.75, 3.05) is 0 Å². The number of carboxylic acid groups (broad SMARTS) is 1. The molecule has 2 aromatic rings. The Balaban J connectivity index is 2.27. The number of carbonyl (C=O) groups is 1. The molecule has 0 spiro atoms. The van der Waals surface area contributed by atoms with Crippen LogP contribution in [0.15, 0.2) is 50.9 Å². The van der Waals surface area contributed by atoms with Crippen molar-refractivity contribution in [3.05, 3.63) is 52.1 Å². The van der Waals surface area contributed by atoms with Gasteiger partial charge in [0.25, 0.3) is 0 Å². The Hall–Kier alpha value is -1.33. The van der Waals surface area contributed by atoms with Gasteiger partial charge in [0, 0.05) is 15.6 Å². The Morgan fingerprint density at radius 1 is 1.33 bits per heavy atom. The Morgan fingerprint density at radius 2 is 2.11 bits per heavy atom. The molecular formula is C13H10BrNO2S. The number of pyridine rings is 1. The molecule has 0 amide bonds. The summed E-state index contributed by atoms with van der Waals surface area (Å²) in [6.07, 6.45) is 1.72. The van der Waals surface area contributed by atoms with Crippen LogP contribution in [0.4, 0.5) is 0 Å². The maximum Gasteiger partial charge on any atom is 0.335 e. The molecule has 0 aliphatic carbocycles. The van der Waals surface area contributed by atoms with Crippen molar-refractivity contribution in [2.24, 2.45) is 0 Å². The zero-order valence-corrected chi connectivity index (χ0v) is 12.0. The van der Waals surface area contributed by atoms with E-state index in [0.717, 1.165) is 20.0 Å². The van der Waals surface area contributed by atoms with Gasteiger partial charge < -0.3 is 5.11 Å². The van der Waals surface area contributed by atoms with Gasteiger partial charge in [0.05, 0.1) is 5.56 Å². The monoisotopic (exact) mass is 323 g/mol. The lowest BCUT2D eigenvalue weighted by atomic mass is 10.1. The lowest BCUT2D eigenvalue weighted by Gasteiger charge is -2.05. The van der Waals surface area contributed by atoms with Crippen molar-refractivity contribution >= 4 is 33.7 Å². The highest BCUT2D eigenvalue weighted by Gasteiger charge is 2.08. The SMILES string of the molecule is Cc1ccc(Sc2ccc(Br)cn2)cc1C(=O)O. The summed E-state index contributed by atoms with van der Waals surface area (Å²) in [5.74, 6) is -0.904. The van der Waals surface area contributed by atoms with E-state index < -0.39 is 5.97 Å². The van der Waals surface area contributed by atoms with Gasteiger partial charge in [0.15, 0.2) is 0 Å². The maximum absolute atomic E-state index is 11.0. The zero-order chi connectivity index (χ0) is 13.1. The second-order valence-electron chi connectivity index (χ2n) is 3.70. The second kappa shape index (κ2) is 5.54. The van der Waals surface area contributed by atoms with E-state index in [-0.39, 0.29) is 0 Å². The number of halogens is 1. The number of hydrogen-bond donors (Lipinski definition) is 1. The maximum atomic E-state index is 11.0. The summed E-state index contributed by atoms with van der Waals surface area (Å²) in [7, 11) is 0. The second-order valence-corrected chi connectivity index (χ2v) is 5.71. The number of aryl methyl sites for hydroxylation is 1. The zero-order valence-electron chi connectivity index (χ0n) is 9.55. The van der Waals surface area contributed by atoms with Crippen LogP contribution in [0.25, 0.3) is 0 Å². The Morgan fingerprint density at radius 3 is 2.72 bits per heavy atom. The van der Waals surface area contributed by atoms with Crippen LogP contribution in [-0.2, 0) is 0 Å². The molecule has 0 saturated heterocycles. The van der Waals surface area contributed by atoms with Crippen LogP contribution in [0.1, 0.15) is 15.9 Å². The van der Waals surface area contributed by atoms with E-state index in [1.54, 1.807) is 19.2 Å². The van der Waals surface area contributed by atoms with Crippen molar-refractivity contribution in [2.45, 2.75) is 16.8 Å². The van der Waals surface area contributed by atoms with E-state index in [9.17, 15) is 4.79 Å². The van der Waals surface area contributed by atoms with Gasteiger partial charge in [-0.25, -0.2) is 9.78 Å². The molecule has 0 aliphatic rings. The van der Waals surface area contributed by atoms with Gasteiger partial charge in [0.2, 0.25) is 0 Å². The number of benzene rings is 1. The summed E-state index contributed by atoms with van der Waals surface area (Å²) in [5.41, 5.74) is 1.09. The summed E-state index contributed by atoms with van der Waals surface area (Å²) in [6, 6.07) is 9.17. The summed E-state index contributed by atoms with van der Waals surface area (Å²) in [4.78, 5) is 16.1. The molecule has 0 aliphatic heterocycles. The molecule has 92 valence electrons. The van der Waals surface area contributed by atoms with E-state index in [1.807, 2.05) is 24.3 Å². The fourth-order valence-corrected chi connectivity index (χ4v) is 2.47. The van der Waals surface area contributed by atoms with Gasteiger partial charge in [-0.1, -0.05) is 17.8 Å². The van der Waals surface area contributed by atoms with Crippen molar-refractivity contribution in [3.63, 3.8) is 0 Å². The van der Waals surface area contributed by atoms with Crippen LogP contribution in [0.3, 0.4) is 0 Å². The number of aromatic nitrogens is 1. The highest BCUT2D eigenvalue weighted by atomic mass is 79.9. The summed E-state index contributed by atoms with van der Waals surface area (Å²) in [5, 5.41) is 9.89. The van der Waals surface area contributed by atoms with Gasteiger partial charge >= 0.3 is 5.97 Å². The molecule has 3 nitrogen and oxygen atoms in total. The minimum atomic E-state index is -0.904. The molecule has 0 radical (unpaired) electrons. The number of nitrogens with zero attached hydrogens (tertiary/aromatic N) is 1. The molecule has 5 heteroatoms. The normalized spacial score (nSPS) is 10.3. The third kappa shape index (κ3) is 3.11. The van der Waals surface area contributed by atoms with Crippen LogP contribution in [-0.4, -0.2) is 16.1 Å². The van der Waals surface area contributed by atoms with Crippen molar-refractivity contribution < 1.29 is 9.90 Å². The minimum Gasteiger partial charge on any atom is -0.478 e. The highest BCUT2D eigenvalue weighted by Crippen LogP contribution is 2.28. The number of hydrogen-bond acceptors (Lipinski definition) is 3. The third-order valence-electron chi connectivity index (χ3n) is 2.36. The predicted octanol–water partition coefficient (Wildman–Crippen LogP) is 4.00. The first-order valence-corrected chi connectivity index (χ1v) is 6.80. The first-order valence-electron chi connectivity index (χ1n) is 5.19. The van der Waals surface area contributed by atoms with E-state index in [0.29, 0.717) is 5.56 Å². The molecule has 1 aromatic heterocycles. The molecule has 1 aromatic carbocycles. The topological polar surface area (TPSA) is 50.2 Å². The Kier molecular flexibility index (Phi) is 4.04. The van der Waals surface area contributed by atoms with Crippen LogP contribution in [0, 0.1) is 6.92 Å². The van der Waals surface area contributed by atoms with E-state index in [1.165, 1.54) is 11.8 Å². The number of carboxylic acids is 1. The molecule has 1 N–H and O–H groups in total. The summed E-state index contributed by atoms with van der Waals surface area (Å²) >= 11 is 4.76. The highest BCUT2D eigenvalue weighted by molar-refractivity contribution is 9.10. The molecule has 18 heavy (non-hydrogen) atoms. The molecule has 0 unspecified atom stereocenters. The summed E-state index contributed by atoms with van der Waals surface area (Å²) < 4.78 is 0.919. The first-order chi connectivity index (χ1) is 8.56. The first kappa shape index (κ1) is 13.1. The van der Waals surface area contributed by atoms with Crippen LogP contribution in [0.5, 0.6) is 0 Å². The molecule has 1 heterocycles. The van der Waals surface area contributed by atoms with E-state index >= 15 is 0 Å². The van der Waals surface area contributed by atoms with Gasteiger partial charge in [-0.05, 0) is 52.7 Å². The quantitative estimate of drug-likeness (QED) is 0.927. The summed E-state index contributed by atoms with van der Waals surface area (Å²) in [6.45, 7) is 1.79. The number of rotatable bonds is 3. The van der Waals surface area contributed by atoms with Gasteiger partial charge in [-0.3, -0.25) is 0 Å². The van der Waals surface area contributed by atoms with Gasteiger partial charge in [0.1, 0.15) is 5.03 Å². The van der Waals surface area contributed by atoms with E-state index in [2.05, 4.69) is 20.9 Å². The van der Waals surface area contributed by atoms with Gasteiger partial charge in [-0.2, -0.15) is 0 Å². The molecular weight excluding hydrogens is 314 g/mol. The van der Waals surface area contributed by atoms with E-state index in [4.69, 9.17) is 5.11 Å². The fraction of sp³-hybridized carbons (Fsp3) is 0.0769. The van der Waals surface area contributed by atoms with Crippen LogP contribution >= 0.6 is 27.7 Å². The smallest absolute Gasteiger partial charge is 0.335 e. The number of aromatic carboxylic acids is 1.